The molecule has 1 rings (SSSR count). The van der Waals surface area contributed by atoms with Gasteiger partial charge < -0.3 is 15.1 Å². The van der Waals surface area contributed by atoms with Gasteiger partial charge >= 0.3 is 0 Å². The topological polar surface area (TPSA) is 31.4 Å². The van der Waals surface area contributed by atoms with Gasteiger partial charge in [0.1, 0.15) is 5.82 Å². The van der Waals surface area contributed by atoms with Crippen LogP contribution in [-0.2, 0) is 6.54 Å². The fourth-order valence-corrected chi connectivity index (χ4v) is 1.71. The van der Waals surface area contributed by atoms with Crippen molar-refractivity contribution in [2.45, 2.75) is 19.9 Å². The summed E-state index contributed by atoms with van der Waals surface area (Å²) in [7, 11) is 6.36. The first-order valence-electron chi connectivity index (χ1n) is 6.64. The van der Waals surface area contributed by atoms with Crippen LogP contribution in [0.25, 0.3) is 0 Å². The number of pyridine rings is 1. The minimum absolute atomic E-state index is 0.938. The van der Waals surface area contributed by atoms with Crippen LogP contribution in [-0.4, -0.2) is 55.6 Å². The summed E-state index contributed by atoms with van der Waals surface area (Å²) in [5.41, 5.74) is 1.27. The highest BCUT2D eigenvalue weighted by atomic mass is 15.1. The van der Waals surface area contributed by atoms with Crippen molar-refractivity contribution in [2.75, 3.05) is 46.1 Å². The molecule has 0 bridgehead atoms. The number of anilines is 1. The summed E-state index contributed by atoms with van der Waals surface area (Å²) in [5, 5.41) is 3.38. The molecule has 1 N–H and O–H groups in total. The predicted octanol–water partition coefficient (Wildman–Crippen LogP) is 1.90. The third-order valence-electron chi connectivity index (χ3n) is 2.80. The third kappa shape index (κ3) is 5.47. The van der Waals surface area contributed by atoms with E-state index in [1.54, 1.807) is 0 Å². The van der Waals surface area contributed by atoms with Crippen LogP contribution < -0.4 is 5.32 Å². The van der Waals surface area contributed by atoms with E-state index >= 15 is 0 Å². The van der Waals surface area contributed by atoms with E-state index in [0.717, 1.165) is 38.4 Å². The number of nitrogens with one attached hydrogen (secondary N) is 1. The summed E-state index contributed by atoms with van der Waals surface area (Å²) < 4.78 is 0. The molecular formula is C14H26N4. The SMILES string of the molecule is CCCNc1ncccc1CN(C)CCN(C)C. The van der Waals surface area contributed by atoms with E-state index in [-0.39, 0.29) is 0 Å². The summed E-state index contributed by atoms with van der Waals surface area (Å²) in [4.78, 5) is 8.95. The fraction of sp³-hybridized carbons (Fsp3) is 0.643. The molecule has 0 atom stereocenters. The molecule has 4 heteroatoms. The lowest BCUT2D eigenvalue weighted by atomic mass is 10.2. The smallest absolute Gasteiger partial charge is 0.130 e. The third-order valence-corrected chi connectivity index (χ3v) is 2.80. The molecule has 0 aliphatic carbocycles. The Balaban J connectivity index is 2.54. The summed E-state index contributed by atoms with van der Waals surface area (Å²) in [5.74, 6) is 1.02. The lowest BCUT2D eigenvalue weighted by Crippen LogP contribution is -2.28. The van der Waals surface area contributed by atoms with Gasteiger partial charge in [-0.25, -0.2) is 4.98 Å². The second-order valence-corrected chi connectivity index (χ2v) is 4.98. The molecule has 0 aromatic carbocycles. The zero-order chi connectivity index (χ0) is 13.4. The van der Waals surface area contributed by atoms with Crippen molar-refractivity contribution in [2.24, 2.45) is 0 Å². The van der Waals surface area contributed by atoms with Crippen LogP contribution in [0.1, 0.15) is 18.9 Å². The molecule has 0 fully saturated rings. The minimum Gasteiger partial charge on any atom is -0.370 e. The minimum atomic E-state index is 0.938. The van der Waals surface area contributed by atoms with E-state index in [4.69, 9.17) is 0 Å². The molecule has 0 saturated carbocycles. The molecule has 0 saturated heterocycles. The van der Waals surface area contributed by atoms with Gasteiger partial charge in [0.2, 0.25) is 0 Å². The number of rotatable bonds is 8. The summed E-state index contributed by atoms with van der Waals surface area (Å²) in [6.45, 7) is 6.22. The largest absolute Gasteiger partial charge is 0.370 e. The lowest BCUT2D eigenvalue weighted by Gasteiger charge is -2.20. The van der Waals surface area contributed by atoms with Crippen LogP contribution in [0.15, 0.2) is 18.3 Å². The molecule has 0 radical (unpaired) electrons. The molecule has 0 aliphatic heterocycles. The summed E-state index contributed by atoms with van der Waals surface area (Å²) in [6.07, 6.45) is 2.97. The lowest BCUT2D eigenvalue weighted by molar-refractivity contribution is 0.276. The van der Waals surface area contributed by atoms with Gasteiger partial charge in [-0.1, -0.05) is 13.0 Å². The molecule has 0 aliphatic rings. The maximum Gasteiger partial charge on any atom is 0.130 e. The van der Waals surface area contributed by atoms with Gasteiger partial charge in [0, 0.05) is 37.9 Å². The van der Waals surface area contributed by atoms with Gasteiger partial charge in [0.15, 0.2) is 0 Å². The van der Waals surface area contributed by atoms with E-state index in [2.05, 4.69) is 54.2 Å². The first kappa shape index (κ1) is 14.9. The predicted molar refractivity (Wildman–Crippen MR) is 77.9 cm³/mol. The molecular weight excluding hydrogens is 224 g/mol. The van der Waals surface area contributed by atoms with Crippen LogP contribution in [0.5, 0.6) is 0 Å². The summed E-state index contributed by atoms with van der Waals surface area (Å²) in [6, 6.07) is 4.16. The first-order valence-corrected chi connectivity index (χ1v) is 6.64. The second kappa shape index (κ2) is 8.06. The van der Waals surface area contributed by atoms with Crippen LogP contribution in [0.2, 0.25) is 0 Å². The number of hydrogen-bond acceptors (Lipinski definition) is 4. The number of nitrogens with zero attached hydrogens (tertiary/aromatic N) is 3. The zero-order valence-corrected chi connectivity index (χ0v) is 12.1. The van der Waals surface area contributed by atoms with E-state index in [0.29, 0.717) is 0 Å². The molecule has 1 aromatic rings. The van der Waals surface area contributed by atoms with Gasteiger partial charge in [-0.2, -0.15) is 0 Å². The van der Waals surface area contributed by atoms with Crippen LogP contribution in [0.3, 0.4) is 0 Å². The molecule has 18 heavy (non-hydrogen) atoms. The maximum atomic E-state index is 4.42. The Morgan fingerprint density at radius 2 is 2.00 bits per heavy atom. The van der Waals surface area contributed by atoms with Gasteiger partial charge in [-0.3, -0.25) is 0 Å². The standard InChI is InChI=1S/C14H26N4/c1-5-8-15-14-13(7-6-9-16-14)12-18(4)11-10-17(2)3/h6-7,9H,5,8,10-12H2,1-4H3,(H,15,16). The average Bonchev–Trinajstić information content (AvgIpc) is 2.35. The van der Waals surface area contributed by atoms with E-state index in [1.807, 2.05) is 12.3 Å². The first-order chi connectivity index (χ1) is 8.63. The van der Waals surface area contributed by atoms with Crippen LogP contribution >= 0.6 is 0 Å². The van der Waals surface area contributed by atoms with Gasteiger partial charge in [-0.05, 0) is 33.6 Å². The molecule has 102 valence electrons. The van der Waals surface area contributed by atoms with Crippen molar-refractivity contribution in [3.8, 4) is 0 Å². The Morgan fingerprint density at radius 3 is 2.67 bits per heavy atom. The molecule has 1 heterocycles. The molecule has 1 aromatic heterocycles. The molecule has 0 unspecified atom stereocenters. The number of aromatic nitrogens is 1. The van der Waals surface area contributed by atoms with Crippen molar-refractivity contribution in [1.29, 1.82) is 0 Å². The van der Waals surface area contributed by atoms with Crippen molar-refractivity contribution in [3.05, 3.63) is 23.9 Å². The van der Waals surface area contributed by atoms with Crippen molar-refractivity contribution in [1.82, 2.24) is 14.8 Å². The highest BCUT2D eigenvalue weighted by Gasteiger charge is 2.06. The Bertz CT molecular complexity index is 338. The van der Waals surface area contributed by atoms with E-state index < -0.39 is 0 Å². The zero-order valence-electron chi connectivity index (χ0n) is 12.1. The monoisotopic (exact) mass is 250 g/mol. The average molecular weight is 250 g/mol. The van der Waals surface area contributed by atoms with Crippen LogP contribution in [0.4, 0.5) is 5.82 Å². The Labute approximate surface area is 111 Å². The van der Waals surface area contributed by atoms with Gasteiger partial charge in [-0.15, -0.1) is 0 Å². The van der Waals surface area contributed by atoms with E-state index in [1.165, 1.54) is 5.56 Å². The summed E-state index contributed by atoms with van der Waals surface area (Å²) >= 11 is 0. The normalized spacial score (nSPS) is 11.2. The van der Waals surface area contributed by atoms with Crippen molar-refractivity contribution >= 4 is 5.82 Å². The van der Waals surface area contributed by atoms with Crippen LogP contribution in [0, 0.1) is 0 Å². The Hall–Kier alpha value is -1.13. The molecule has 4 nitrogen and oxygen atoms in total. The Kier molecular flexibility index (Phi) is 6.68. The molecule has 0 spiro atoms. The second-order valence-electron chi connectivity index (χ2n) is 4.98. The van der Waals surface area contributed by atoms with E-state index in [9.17, 15) is 0 Å². The Morgan fingerprint density at radius 1 is 1.22 bits per heavy atom. The number of likely N-dealkylation sites (N-methyl/N-ethyl adjacent to an activating group) is 2. The van der Waals surface area contributed by atoms with Crippen molar-refractivity contribution < 1.29 is 0 Å². The van der Waals surface area contributed by atoms with Gasteiger partial charge in [0.05, 0.1) is 0 Å². The highest BCUT2D eigenvalue weighted by molar-refractivity contribution is 5.43. The van der Waals surface area contributed by atoms with Gasteiger partial charge in [0.25, 0.3) is 0 Å². The highest BCUT2D eigenvalue weighted by Crippen LogP contribution is 2.13. The van der Waals surface area contributed by atoms with Crippen molar-refractivity contribution in [3.63, 3.8) is 0 Å². The maximum absolute atomic E-state index is 4.42. The molecule has 0 amide bonds. The quantitative estimate of drug-likeness (QED) is 0.763. The number of hydrogen-bond donors (Lipinski definition) is 1. The fourth-order valence-electron chi connectivity index (χ4n) is 1.71.